The topological polar surface area (TPSA) is 33.2 Å². The van der Waals surface area contributed by atoms with Gasteiger partial charge in [-0.25, -0.2) is 0 Å². The fraction of sp³-hybridized carbons (Fsp3) is 1.00. The highest BCUT2D eigenvalue weighted by Gasteiger charge is 2.36. The van der Waals surface area contributed by atoms with Crippen molar-refractivity contribution in [3.05, 3.63) is 0 Å². The minimum atomic E-state index is -2.47. The molecule has 0 unspecified atom stereocenters. The summed E-state index contributed by atoms with van der Waals surface area (Å²) in [4.78, 5) is 0. The van der Waals surface area contributed by atoms with Gasteiger partial charge in [0.25, 0.3) is 0 Å². The minimum Gasteiger partial charge on any atom is -1.00 e. The number of hydrogen-bond donors (Lipinski definition) is 2. The van der Waals surface area contributed by atoms with Crippen molar-refractivity contribution in [2.24, 2.45) is 0 Å². The highest BCUT2D eigenvalue weighted by atomic mass is 79.9. The number of rotatable bonds is 0. The molecular weight excluding hydrogens is 298 g/mol. The van der Waals surface area contributed by atoms with Gasteiger partial charge in [-0.1, -0.05) is 0 Å². The maximum absolute atomic E-state index is 12.6. The van der Waals surface area contributed by atoms with Crippen molar-refractivity contribution in [2.45, 2.75) is 18.9 Å². The zero-order chi connectivity index (χ0) is 7.61. The van der Waals surface area contributed by atoms with Gasteiger partial charge >= 0.3 is 5.92 Å². The van der Waals surface area contributed by atoms with Crippen LogP contribution in [0, 0.1) is 0 Å². The van der Waals surface area contributed by atoms with Crippen LogP contribution in [0.2, 0.25) is 0 Å². The molecule has 1 heterocycles. The average molecular weight is 312 g/mol. The molecule has 0 aromatic rings. The molecule has 0 saturated carbocycles. The molecule has 0 aromatic heterocycles. The van der Waals surface area contributed by atoms with Crippen LogP contribution >= 0.6 is 0 Å². The minimum absolute atomic E-state index is 0. The van der Waals surface area contributed by atoms with Crippen molar-refractivity contribution in [2.75, 3.05) is 19.6 Å². The lowest BCUT2D eigenvalue weighted by Crippen LogP contribution is -3.00. The van der Waals surface area contributed by atoms with Gasteiger partial charge in [0.1, 0.15) is 25.7 Å². The van der Waals surface area contributed by atoms with Crippen molar-refractivity contribution in [3.8, 4) is 0 Å². The predicted octanol–water partition coefficient (Wildman–Crippen LogP) is -7.84. The molecule has 12 heavy (non-hydrogen) atoms. The van der Waals surface area contributed by atoms with Crippen LogP contribution < -0.4 is 44.6 Å². The summed E-state index contributed by atoms with van der Waals surface area (Å²) in [5, 5.41) is 3.40. The average Bonchev–Trinajstić information content (AvgIpc) is 1.94. The van der Waals surface area contributed by atoms with Gasteiger partial charge in [-0.05, 0) is 6.92 Å². The molecule has 4 N–H and O–H groups in total. The molecule has 0 aliphatic carbocycles. The Morgan fingerprint density at radius 1 is 1.25 bits per heavy atom. The number of halogens is 4. The summed E-state index contributed by atoms with van der Waals surface area (Å²) >= 11 is 0. The molecule has 0 spiro atoms. The maximum Gasteiger partial charge on any atom is 0.342 e. The monoisotopic (exact) mass is 310 g/mol. The van der Waals surface area contributed by atoms with E-state index in [4.69, 9.17) is 0 Å². The highest BCUT2D eigenvalue weighted by Crippen LogP contribution is 2.06. The Bertz CT molecular complexity index is 124. The van der Waals surface area contributed by atoms with Crippen molar-refractivity contribution in [1.29, 1.82) is 0 Å². The molecule has 0 radical (unpaired) electrons. The van der Waals surface area contributed by atoms with Gasteiger partial charge in [0.2, 0.25) is 0 Å². The van der Waals surface area contributed by atoms with Crippen LogP contribution in [0.1, 0.15) is 6.92 Å². The smallest absolute Gasteiger partial charge is 0.342 e. The molecule has 1 rings (SSSR count). The number of quaternary nitrogens is 2. The van der Waals surface area contributed by atoms with Crippen LogP contribution in [0.25, 0.3) is 0 Å². The van der Waals surface area contributed by atoms with Gasteiger partial charge in [-0.2, -0.15) is 8.78 Å². The third-order valence-corrected chi connectivity index (χ3v) is 1.80. The van der Waals surface area contributed by atoms with E-state index in [2.05, 4.69) is 0 Å². The lowest BCUT2D eigenvalue weighted by Gasteiger charge is -2.07. The van der Waals surface area contributed by atoms with Crippen LogP contribution in [0.15, 0.2) is 0 Å². The number of hydrogen-bond acceptors (Lipinski definition) is 0. The molecule has 76 valence electrons. The van der Waals surface area contributed by atoms with Crippen molar-refractivity contribution < 1.29 is 53.4 Å². The summed E-state index contributed by atoms with van der Waals surface area (Å²) in [5.41, 5.74) is 0. The van der Waals surface area contributed by atoms with Gasteiger partial charge in [0.05, 0.1) is 0 Å². The Morgan fingerprint density at radius 2 is 1.83 bits per heavy atom. The summed E-state index contributed by atoms with van der Waals surface area (Å²) in [6.45, 7) is 2.67. The Labute approximate surface area is 92.0 Å². The zero-order valence-corrected chi connectivity index (χ0v) is 10.0. The van der Waals surface area contributed by atoms with E-state index in [0.29, 0.717) is 6.04 Å². The lowest BCUT2D eigenvalue weighted by molar-refractivity contribution is -0.724. The third-order valence-electron chi connectivity index (χ3n) is 1.80. The molecule has 2 nitrogen and oxygen atoms in total. The maximum atomic E-state index is 12.6. The van der Waals surface area contributed by atoms with Crippen LogP contribution in [-0.2, 0) is 0 Å². The molecule has 1 fully saturated rings. The Hall–Kier alpha value is 0.740. The lowest BCUT2D eigenvalue weighted by atomic mass is 10.3. The second kappa shape index (κ2) is 6.23. The first-order chi connectivity index (χ1) is 4.60. The van der Waals surface area contributed by atoms with Crippen molar-refractivity contribution in [3.63, 3.8) is 0 Å². The molecular formula is C6H14Br2F2N2. The third kappa shape index (κ3) is 5.40. The molecule has 1 aliphatic heterocycles. The van der Waals surface area contributed by atoms with Crippen molar-refractivity contribution >= 4 is 0 Å². The van der Waals surface area contributed by atoms with Crippen molar-refractivity contribution in [1.82, 2.24) is 0 Å². The number of alkyl halides is 2. The first kappa shape index (κ1) is 15.2. The largest absolute Gasteiger partial charge is 1.00 e. The van der Waals surface area contributed by atoms with E-state index in [0.717, 1.165) is 6.54 Å². The second-order valence-electron chi connectivity index (χ2n) is 3.00. The van der Waals surface area contributed by atoms with E-state index >= 15 is 0 Å². The second-order valence-corrected chi connectivity index (χ2v) is 3.00. The summed E-state index contributed by atoms with van der Waals surface area (Å²) in [6.07, 6.45) is 0. The molecule has 0 amide bonds. The van der Waals surface area contributed by atoms with E-state index in [9.17, 15) is 8.78 Å². The van der Waals surface area contributed by atoms with Crippen LogP contribution in [0.3, 0.4) is 0 Å². The van der Waals surface area contributed by atoms with E-state index < -0.39 is 5.92 Å². The molecule has 6 heteroatoms. The summed E-state index contributed by atoms with van der Waals surface area (Å²) in [6, 6.07) is 0.327. The van der Waals surface area contributed by atoms with Crippen LogP contribution in [-0.4, -0.2) is 31.6 Å². The first-order valence-electron chi connectivity index (χ1n) is 3.63. The van der Waals surface area contributed by atoms with E-state index in [1.807, 2.05) is 6.92 Å². The molecule has 1 atom stereocenters. The van der Waals surface area contributed by atoms with E-state index in [1.165, 1.54) is 0 Å². The SMILES string of the molecule is C[C@@H]1C[NH2+]CC(F)(F)C[NH2+]1.[Br-].[Br-]. The predicted molar refractivity (Wildman–Crippen MR) is 32.9 cm³/mol. The van der Waals surface area contributed by atoms with Gasteiger partial charge in [0, 0.05) is 0 Å². The Kier molecular flexibility index (Phi) is 7.91. The number of nitrogens with two attached hydrogens (primary N) is 2. The molecule has 1 aliphatic rings. The normalized spacial score (nSPS) is 27.8. The first-order valence-corrected chi connectivity index (χ1v) is 3.63. The summed E-state index contributed by atoms with van der Waals surface area (Å²) in [7, 11) is 0. The van der Waals surface area contributed by atoms with Gasteiger partial charge in [-0.15, -0.1) is 0 Å². The van der Waals surface area contributed by atoms with Crippen LogP contribution in [0.4, 0.5) is 8.78 Å². The Balaban J connectivity index is 0. The molecule has 0 aromatic carbocycles. The van der Waals surface area contributed by atoms with Gasteiger partial charge < -0.3 is 44.6 Å². The summed E-state index contributed by atoms with van der Waals surface area (Å²) < 4.78 is 25.2. The van der Waals surface area contributed by atoms with Gasteiger partial charge in [0.15, 0.2) is 0 Å². The van der Waals surface area contributed by atoms with E-state index in [-0.39, 0.29) is 47.1 Å². The van der Waals surface area contributed by atoms with Gasteiger partial charge in [-0.3, -0.25) is 0 Å². The zero-order valence-electron chi connectivity index (χ0n) is 6.87. The molecule has 1 saturated heterocycles. The van der Waals surface area contributed by atoms with E-state index in [1.54, 1.807) is 10.6 Å². The highest BCUT2D eigenvalue weighted by molar-refractivity contribution is 4.62. The fourth-order valence-corrected chi connectivity index (χ4v) is 1.11. The van der Waals surface area contributed by atoms with Crippen LogP contribution in [0.5, 0.6) is 0 Å². The summed E-state index contributed by atoms with van der Waals surface area (Å²) in [5.74, 6) is -2.47. The molecule has 0 bridgehead atoms. The quantitative estimate of drug-likeness (QED) is 0.446. The Morgan fingerprint density at radius 3 is 2.42 bits per heavy atom. The standard InChI is InChI=1S/C6H12F2N2.2BrH/c1-5-2-9-3-6(7,8)4-10-5;;/h5,9-10H,2-4H2,1H3;2*1H/t5-;;/m1../s1. The fourth-order valence-electron chi connectivity index (χ4n) is 1.11.